The third-order valence-electron chi connectivity index (χ3n) is 3.75. The smallest absolute Gasteiger partial charge is 0.191 e. The number of benzene rings is 1. The quantitative estimate of drug-likeness (QED) is 0.937. The van der Waals surface area contributed by atoms with E-state index in [0.717, 1.165) is 19.6 Å². The Balaban J connectivity index is 1.89. The number of aliphatic imine (C=N–C) groups is 1. The van der Waals surface area contributed by atoms with Crippen LogP contribution in [0.3, 0.4) is 0 Å². The summed E-state index contributed by atoms with van der Waals surface area (Å²) in [5.41, 5.74) is 7.42. The molecule has 0 aliphatic carbocycles. The zero-order chi connectivity index (χ0) is 14.1. The Morgan fingerprint density at radius 1 is 1.40 bits per heavy atom. The van der Waals surface area contributed by atoms with Crippen molar-refractivity contribution in [3.63, 3.8) is 0 Å². The van der Waals surface area contributed by atoms with Crippen molar-refractivity contribution in [1.29, 1.82) is 0 Å². The van der Waals surface area contributed by atoms with Crippen LogP contribution in [-0.4, -0.2) is 49.5 Å². The van der Waals surface area contributed by atoms with Crippen molar-refractivity contribution >= 4 is 27.4 Å². The molecule has 1 aromatic heterocycles. The van der Waals surface area contributed by atoms with Crippen LogP contribution < -0.4 is 5.73 Å². The Hall–Kier alpha value is -1.59. The standard InChI is InChI=1S/C15H20N4S/c1-18(2)7-8-19-13(9-17-15(19)16)12-10-20-14-6-4-3-5-11(12)14/h3-6,10,13H,7-9H2,1-2H3,(H2,16,17). The van der Waals surface area contributed by atoms with E-state index in [2.05, 4.69) is 58.5 Å². The highest BCUT2D eigenvalue weighted by Crippen LogP contribution is 2.35. The highest BCUT2D eigenvalue weighted by molar-refractivity contribution is 7.17. The summed E-state index contributed by atoms with van der Waals surface area (Å²) in [6.45, 7) is 2.66. The van der Waals surface area contributed by atoms with Crippen LogP contribution >= 0.6 is 11.3 Å². The maximum atomic E-state index is 6.07. The van der Waals surface area contributed by atoms with Gasteiger partial charge in [0.25, 0.3) is 0 Å². The first-order valence-corrected chi connectivity index (χ1v) is 7.72. The van der Waals surface area contributed by atoms with Crippen LogP contribution in [0.15, 0.2) is 34.6 Å². The van der Waals surface area contributed by atoms with Gasteiger partial charge in [-0.1, -0.05) is 18.2 Å². The number of hydrogen-bond acceptors (Lipinski definition) is 5. The molecular weight excluding hydrogens is 268 g/mol. The lowest BCUT2D eigenvalue weighted by Gasteiger charge is -2.27. The van der Waals surface area contributed by atoms with Gasteiger partial charge in [-0.3, -0.25) is 4.99 Å². The SMILES string of the molecule is CN(C)CCN1C(N)=NCC1c1csc2ccccc12. The molecule has 2 aromatic rings. The topological polar surface area (TPSA) is 44.9 Å². The molecule has 106 valence electrons. The zero-order valence-electron chi connectivity index (χ0n) is 11.9. The van der Waals surface area contributed by atoms with Gasteiger partial charge in [0.2, 0.25) is 0 Å². The minimum Gasteiger partial charge on any atom is -0.370 e. The Bertz CT molecular complexity index is 632. The predicted octanol–water partition coefficient (Wildman–Crippen LogP) is 2.13. The Morgan fingerprint density at radius 3 is 3.00 bits per heavy atom. The lowest BCUT2D eigenvalue weighted by molar-refractivity contribution is 0.294. The van der Waals surface area contributed by atoms with Gasteiger partial charge in [-0.25, -0.2) is 0 Å². The normalized spacial score (nSPS) is 19.1. The maximum absolute atomic E-state index is 6.07. The lowest BCUT2D eigenvalue weighted by atomic mass is 10.1. The first-order chi connectivity index (χ1) is 9.66. The molecule has 2 N–H and O–H groups in total. The van der Waals surface area contributed by atoms with E-state index >= 15 is 0 Å². The first kappa shape index (κ1) is 13.4. The third kappa shape index (κ3) is 2.39. The van der Waals surface area contributed by atoms with Gasteiger partial charge < -0.3 is 15.5 Å². The van der Waals surface area contributed by atoms with Gasteiger partial charge in [0.05, 0.1) is 12.6 Å². The molecule has 0 amide bonds. The van der Waals surface area contributed by atoms with E-state index in [0.29, 0.717) is 5.96 Å². The molecule has 0 saturated heterocycles. The summed E-state index contributed by atoms with van der Waals surface area (Å²) in [6.07, 6.45) is 0. The molecule has 4 nitrogen and oxygen atoms in total. The molecule has 0 saturated carbocycles. The van der Waals surface area contributed by atoms with Crippen LogP contribution in [0.25, 0.3) is 10.1 Å². The van der Waals surface area contributed by atoms with Gasteiger partial charge >= 0.3 is 0 Å². The first-order valence-electron chi connectivity index (χ1n) is 6.84. The van der Waals surface area contributed by atoms with Crippen molar-refractivity contribution in [2.45, 2.75) is 6.04 Å². The molecule has 1 aromatic carbocycles. The second-order valence-electron chi connectivity index (χ2n) is 5.40. The van der Waals surface area contributed by atoms with Crippen LogP contribution in [0.1, 0.15) is 11.6 Å². The summed E-state index contributed by atoms with van der Waals surface area (Å²) in [7, 11) is 4.16. The number of likely N-dealkylation sites (N-methyl/N-ethyl adjacent to an activating group) is 1. The fourth-order valence-electron chi connectivity index (χ4n) is 2.63. The van der Waals surface area contributed by atoms with Crippen LogP contribution in [0, 0.1) is 0 Å². The third-order valence-corrected chi connectivity index (χ3v) is 4.74. The van der Waals surface area contributed by atoms with Gasteiger partial charge in [-0.2, -0.15) is 0 Å². The van der Waals surface area contributed by atoms with Gasteiger partial charge in [-0.05, 0) is 36.5 Å². The van der Waals surface area contributed by atoms with E-state index in [1.54, 1.807) is 11.3 Å². The van der Waals surface area contributed by atoms with Crippen molar-refractivity contribution in [3.05, 3.63) is 35.2 Å². The molecular formula is C15H20N4S. The minimum atomic E-state index is 0.283. The van der Waals surface area contributed by atoms with Crippen LogP contribution in [0.5, 0.6) is 0 Å². The Morgan fingerprint density at radius 2 is 2.20 bits per heavy atom. The van der Waals surface area contributed by atoms with Crippen LogP contribution in [-0.2, 0) is 0 Å². The van der Waals surface area contributed by atoms with Crippen molar-refractivity contribution in [2.24, 2.45) is 10.7 Å². The molecule has 20 heavy (non-hydrogen) atoms. The molecule has 1 unspecified atom stereocenters. The number of thiophene rings is 1. The zero-order valence-corrected chi connectivity index (χ0v) is 12.7. The molecule has 1 aliphatic rings. The van der Waals surface area contributed by atoms with Crippen molar-refractivity contribution in [1.82, 2.24) is 9.80 Å². The maximum Gasteiger partial charge on any atom is 0.191 e. The van der Waals surface area contributed by atoms with Gasteiger partial charge in [0.15, 0.2) is 5.96 Å². The van der Waals surface area contributed by atoms with E-state index in [1.807, 2.05) is 0 Å². The second-order valence-corrected chi connectivity index (χ2v) is 6.31. The molecule has 0 spiro atoms. The molecule has 3 rings (SSSR count). The van der Waals surface area contributed by atoms with E-state index in [-0.39, 0.29) is 6.04 Å². The highest BCUT2D eigenvalue weighted by atomic mass is 32.1. The highest BCUT2D eigenvalue weighted by Gasteiger charge is 2.28. The molecule has 2 heterocycles. The Kier molecular flexibility index (Phi) is 3.63. The van der Waals surface area contributed by atoms with Crippen molar-refractivity contribution in [3.8, 4) is 0 Å². The average molecular weight is 288 g/mol. The number of hydrogen-bond donors (Lipinski definition) is 1. The number of fused-ring (bicyclic) bond motifs is 1. The van der Waals surface area contributed by atoms with Crippen LogP contribution in [0.4, 0.5) is 0 Å². The predicted molar refractivity (Wildman–Crippen MR) is 86.3 cm³/mol. The van der Waals surface area contributed by atoms with E-state index in [1.165, 1.54) is 15.6 Å². The van der Waals surface area contributed by atoms with E-state index in [4.69, 9.17) is 5.73 Å². The summed E-state index contributed by atoms with van der Waals surface area (Å²) in [5, 5.41) is 3.59. The largest absolute Gasteiger partial charge is 0.370 e. The number of nitrogens with two attached hydrogens (primary N) is 1. The van der Waals surface area contributed by atoms with Crippen LogP contribution in [0.2, 0.25) is 0 Å². The molecule has 0 bridgehead atoms. The average Bonchev–Trinajstić information content (AvgIpc) is 3.00. The summed E-state index contributed by atoms with van der Waals surface area (Å²) >= 11 is 1.80. The summed E-state index contributed by atoms with van der Waals surface area (Å²) in [6, 6.07) is 8.84. The van der Waals surface area contributed by atoms with E-state index in [9.17, 15) is 0 Å². The summed E-state index contributed by atoms with van der Waals surface area (Å²) < 4.78 is 1.33. The fraction of sp³-hybridized carbons (Fsp3) is 0.400. The van der Waals surface area contributed by atoms with Gasteiger partial charge in [-0.15, -0.1) is 11.3 Å². The van der Waals surface area contributed by atoms with Crippen molar-refractivity contribution < 1.29 is 0 Å². The number of nitrogens with zero attached hydrogens (tertiary/aromatic N) is 3. The lowest BCUT2D eigenvalue weighted by Crippen LogP contribution is -2.40. The second kappa shape index (κ2) is 5.42. The fourth-order valence-corrected chi connectivity index (χ4v) is 3.64. The molecule has 0 fully saturated rings. The van der Waals surface area contributed by atoms with Gasteiger partial charge in [0.1, 0.15) is 0 Å². The molecule has 1 atom stereocenters. The molecule has 1 aliphatic heterocycles. The van der Waals surface area contributed by atoms with Crippen molar-refractivity contribution in [2.75, 3.05) is 33.7 Å². The number of guanidine groups is 1. The molecule has 0 radical (unpaired) electrons. The summed E-state index contributed by atoms with van der Waals surface area (Å²) in [5.74, 6) is 0.673. The summed E-state index contributed by atoms with van der Waals surface area (Å²) in [4.78, 5) is 8.85. The number of rotatable bonds is 4. The Labute approximate surface area is 123 Å². The monoisotopic (exact) mass is 288 g/mol. The van der Waals surface area contributed by atoms with E-state index < -0.39 is 0 Å². The van der Waals surface area contributed by atoms with Gasteiger partial charge in [0, 0.05) is 17.8 Å². The minimum absolute atomic E-state index is 0.283. The molecule has 5 heteroatoms.